The van der Waals surface area contributed by atoms with Crippen molar-refractivity contribution in [1.29, 1.82) is 0 Å². The smallest absolute Gasteiger partial charge is 0.293 e. The summed E-state index contributed by atoms with van der Waals surface area (Å²) in [7, 11) is 0. The van der Waals surface area contributed by atoms with Gasteiger partial charge in [0.15, 0.2) is 0 Å². The van der Waals surface area contributed by atoms with Gasteiger partial charge in [0.2, 0.25) is 0 Å². The molecule has 4 nitrogen and oxygen atoms in total. The number of ether oxygens (including phenoxy) is 1. The normalized spacial score (nSPS) is 14.9. The van der Waals surface area contributed by atoms with Crippen LogP contribution in [0, 0.1) is 5.82 Å². The number of rotatable bonds is 6. The van der Waals surface area contributed by atoms with Gasteiger partial charge in [0.05, 0.1) is 26.0 Å². The van der Waals surface area contributed by atoms with Gasteiger partial charge in [0, 0.05) is 0 Å². The Labute approximate surface area is 212 Å². The van der Waals surface area contributed by atoms with Gasteiger partial charge < -0.3 is 4.74 Å². The third-order valence-electron chi connectivity index (χ3n) is 4.76. The van der Waals surface area contributed by atoms with Crippen molar-refractivity contribution in [3.05, 3.63) is 103 Å². The molecule has 0 aromatic heterocycles. The van der Waals surface area contributed by atoms with E-state index in [-0.39, 0.29) is 23.5 Å². The molecule has 0 unspecified atom stereocenters. The lowest BCUT2D eigenvalue weighted by Gasteiger charge is -2.12. The van der Waals surface area contributed by atoms with Gasteiger partial charge in [-0.15, -0.1) is 0 Å². The Morgan fingerprint density at radius 3 is 2.39 bits per heavy atom. The van der Waals surface area contributed by atoms with Crippen LogP contribution in [0.15, 0.2) is 70.0 Å². The van der Waals surface area contributed by atoms with Gasteiger partial charge in [-0.3, -0.25) is 14.5 Å². The maximum atomic E-state index is 13.1. The highest BCUT2D eigenvalue weighted by Gasteiger charge is 2.35. The van der Waals surface area contributed by atoms with E-state index in [9.17, 15) is 14.0 Å². The molecule has 3 aromatic rings. The van der Waals surface area contributed by atoms with Crippen LogP contribution in [-0.2, 0) is 17.9 Å². The number of carbonyl (C=O) groups is 2. The van der Waals surface area contributed by atoms with E-state index in [4.69, 9.17) is 27.9 Å². The average molecular weight is 567 g/mol. The molecule has 168 valence electrons. The highest BCUT2D eigenvalue weighted by Crippen LogP contribution is 2.35. The van der Waals surface area contributed by atoms with Crippen LogP contribution in [0.25, 0.3) is 6.08 Å². The highest BCUT2D eigenvalue weighted by atomic mass is 79.9. The predicted molar refractivity (Wildman–Crippen MR) is 133 cm³/mol. The van der Waals surface area contributed by atoms with Crippen molar-refractivity contribution in [1.82, 2.24) is 4.90 Å². The minimum absolute atomic E-state index is 0.0907. The first-order valence-electron chi connectivity index (χ1n) is 9.66. The SMILES string of the molecule is O=C1SC(=Cc2ccc(OCc3ccc(Cl)c(Cl)c3)c(Br)c2)C(=O)N1Cc1ccc(F)cc1. The van der Waals surface area contributed by atoms with E-state index in [0.717, 1.165) is 27.8 Å². The van der Waals surface area contributed by atoms with Gasteiger partial charge in [0.25, 0.3) is 11.1 Å². The van der Waals surface area contributed by atoms with E-state index < -0.39 is 0 Å². The van der Waals surface area contributed by atoms with Crippen molar-refractivity contribution < 1.29 is 18.7 Å². The zero-order chi connectivity index (χ0) is 23.5. The van der Waals surface area contributed by atoms with Crippen molar-refractivity contribution in [3.8, 4) is 5.75 Å². The maximum Gasteiger partial charge on any atom is 0.293 e. The van der Waals surface area contributed by atoms with Crippen LogP contribution in [0.3, 0.4) is 0 Å². The third-order valence-corrected chi connectivity index (χ3v) is 7.03. The minimum Gasteiger partial charge on any atom is -0.488 e. The van der Waals surface area contributed by atoms with E-state index in [1.165, 1.54) is 12.1 Å². The summed E-state index contributed by atoms with van der Waals surface area (Å²) in [5, 5.41) is 0.574. The number of imide groups is 1. The van der Waals surface area contributed by atoms with E-state index in [1.54, 1.807) is 48.5 Å². The zero-order valence-corrected chi connectivity index (χ0v) is 20.8. The molecule has 0 bridgehead atoms. The van der Waals surface area contributed by atoms with Gasteiger partial charge in [-0.05, 0) is 86.9 Å². The van der Waals surface area contributed by atoms with Gasteiger partial charge >= 0.3 is 0 Å². The van der Waals surface area contributed by atoms with Crippen molar-refractivity contribution in [3.63, 3.8) is 0 Å². The number of benzene rings is 3. The number of carbonyl (C=O) groups excluding carboxylic acids is 2. The molecule has 4 rings (SSSR count). The summed E-state index contributed by atoms with van der Waals surface area (Å²) >= 11 is 16.3. The topological polar surface area (TPSA) is 46.6 Å². The molecule has 3 aromatic carbocycles. The van der Waals surface area contributed by atoms with Crippen LogP contribution >= 0.6 is 50.9 Å². The molecular formula is C24H15BrCl2FNO3S. The first-order valence-corrected chi connectivity index (χ1v) is 12.0. The van der Waals surface area contributed by atoms with Crippen molar-refractivity contribution in [2.45, 2.75) is 13.2 Å². The molecule has 0 spiro atoms. The fourth-order valence-electron chi connectivity index (χ4n) is 3.07. The number of halogens is 4. The number of thioether (sulfide) groups is 1. The molecule has 0 N–H and O–H groups in total. The Balaban J connectivity index is 1.44. The molecule has 0 saturated carbocycles. The molecule has 0 atom stereocenters. The highest BCUT2D eigenvalue weighted by molar-refractivity contribution is 9.10. The minimum atomic E-state index is -0.384. The third kappa shape index (κ3) is 5.79. The summed E-state index contributed by atoms with van der Waals surface area (Å²) in [6.07, 6.45) is 1.66. The van der Waals surface area contributed by atoms with E-state index >= 15 is 0 Å². The first-order chi connectivity index (χ1) is 15.8. The molecular weight excluding hydrogens is 552 g/mol. The molecule has 2 amide bonds. The summed E-state index contributed by atoms with van der Waals surface area (Å²) in [5.74, 6) is -0.143. The lowest BCUT2D eigenvalue weighted by molar-refractivity contribution is -0.123. The Hall–Kier alpha value is -2.32. The second-order valence-corrected chi connectivity index (χ2v) is 9.78. The molecule has 9 heteroatoms. The van der Waals surface area contributed by atoms with Crippen LogP contribution in [0.5, 0.6) is 5.75 Å². The number of hydrogen-bond acceptors (Lipinski definition) is 4. The Bertz CT molecular complexity index is 1270. The molecule has 0 radical (unpaired) electrons. The van der Waals surface area contributed by atoms with Crippen LogP contribution < -0.4 is 4.74 Å². The number of hydrogen-bond donors (Lipinski definition) is 0. The summed E-state index contributed by atoms with van der Waals surface area (Å²) in [6, 6.07) is 16.4. The van der Waals surface area contributed by atoms with E-state index in [1.807, 2.05) is 6.07 Å². The fraction of sp³-hybridized carbons (Fsp3) is 0.0833. The van der Waals surface area contributed by atoms with Crippen LogP contribution in [0.1, 0.15) is 16.7 Å². The Morgan fingerprint density at radius 1 is 0.970 bits per heavy atom. The van der Waals surface area contributed by atoms with E-state index in [0.29, 0.717) is 37.3 Å². The zero-order valence-electron chi connectivity index (χ0n) is 16.9. The summed E-state index contributed by atoms with van der Waals surface area (Å²) in [5.41, 5.74) is 2.28. The Morgan fingerprint density at radius 2 is 1.70 bits per heavy atom. The molecule has 1 aliphatic rings. The Kier molecular flexibility index (Phi) is 7.44. The predicted octanol–water partition coefficient (Wildman–Crippen LogP) is 7.71. The van der Waals surface area contributed by atoms with E-state index in [2.05, 4.69) is 15.9 Å². The molecule has 1 saturated heterocycles. The molecule has 33 heavy (non-hydrogen) atoms. The lowest BCUT2D eigenvalue weighted by Crippen LogP contribution is -2.27. The van der Waals surface area contributed by atoms with Crippen LogP contribution in [-0.4, -0.2) is 16.0 Å². The fourth-order valence-corrected chi connectivity index (χ4v) is 4.74. The summed E-state index contributed by atoms with van der Waals surface area (Å²) in [4.78, 5) is 26.6. The van der Waals surface area contributed by atoms with Gasteiger partial charge in [-0.1, -0.05) is 47.5 Å². The standard InChI is InChI=1S/C24H15BrCl2FNO3S/c25-18-9-15(4-8-21(18)32-13-16-3-7-19(26)20(27)10-16)11-22-23(30)29(24(31)33-22)12-14-1-5-17(28)6-2-14/h1-11H,12-13H2. The largest absolute Gasteiger partial charge is 0.488 e. The van der Waals surface area contributed by atoms with Crippen molar-refractivity contribution >= 4 is 68.1 Å². The second-order valence-electron chi connectivity index (χ2n) is 7.12. The summed E-state index contributed by atoms with van der Waals surface area (Å²) < 4.78 is 19.6. The van der Waals surface area contributed by atoms with Gasteiger partial charge in [-0.25, -0.2) is 4.39 Å². The molecule has 1 fully saturated rings. The quantitative estimate of drug-likeness (QED) is 0.287. The van der Waals surface area contributed by atoms with Crippen LogP contribution in [0.4, 0.5) is 9.18 Å². The number of nitrogens with zero attached hydrogens (tertiary/aromatic N) is 1. The monoisotopic (exact) mass is 565 g/mol. The van der Waals surface area contributed by atoms with Gasteiger partial charge in [-0.2, -0.15) is 0 Å². The molecule has 0 aliphatic carbocycles. The second kappa shape index (κ2) is 10.3. The average Bonchev–Trinajstić information content (AvgIpc) is 3.04. The molecule has 1 aliphatic heterocycles. The summed E-state index contributed by atoms with van der Waals surface area (Å²) in [6.45, 7) is 0.393. The maximum absolute atomic E-state index is 13.1. The first kappa shape index (κ1) is 23.8. The van der Waals surface area contributed by atoms with Crippen molar-refractivity contribution in [2.75, 3.05) is 0 Å². The number of amides is 2. The van der Waals surface area contributed by atoms with Crippen LogP contribution in [0.2, 0.25) is 10.0 Å². The lowest BCUT2D eigenvalue weighted by atomic mass is 10.2. The molecule has 1 heterocycles. The van der Waals surface area contributed by atoms with Gasteiger partial charge in [0.1, 0.15) is 18.2 Å². The van der Waals surface area contributed by atoms with Crippen molar-refractivity contribution in [2.24, 2.45) is 0 Å².